The van der Waals surface area contributed by atoms with Crippen LogP contribution in [0.1, 0.15) is 30.9 Å². The molecule has 0 saturated heterocycles. The minimum absolute atomic E-state index is 0.0591. The van der Waals surface area contributed by atoms with Gasteiger partial charge in [-0.3, -0.25) is 9.59 Å². The van der Waals surface area contributed by atoms with Gasteiger partial charge in [0.1, 0.15) is 0 Å². The molecule has 96 valence electrons. The molecule has 0 heterocycles. The number of carbonyl (C=O) groups is 2. The molecule has 1 fully saturated rings. The van der Waals surface area contributed by atoms with Gasteiger partial charge in [-0.25, -0.2) is 0 Å². The second kappa shape index (κ2) is 5.40. The van der Waals surface area contributed by atoms with E-state index in [-0.39, 0.29) is 18.2 Å². The molecule has 5 heteroatoms. The summed E-state index contributed by atoms with van der Waals surface area (Å²) in [6.07, 6.45) is 1.67. The molecule has 1 saturated carbocycles. The highest BCUT2D eigenvalue weighted by Crippen LogP contribution is 2.30. The minimum Gasteiger partial charge on any atom is -0.481 e. The molecular weight excluding hydrogens is 254 g/mol. The number of hydrogen-bond acceptors (Lipinski definition) is 2. The Balaban J connectivity index is 2.10. The van der Waals surface area contributed by atoms with Crippen molar-refractivity contribution < 1.29 is 14.7 Å². The number of carbonyl (C=O) groups excluding carboxylic acids is 1. The zero-order chi connectivity index (χ0) is 13.1. The van der Waals surface area contributed by atoms with Crippen LogP contribution in [0.4, 0.5) is 0 Å². The van der Waals surface area contributed by atoms with Gasteiger partial charge in [-0.1, -0.05) is 23.7 Å². The van der Waals surface area contributed by atoms with E-state index < -0.39 is 12.0 Å². The zero-order valence-corrected chi connectivity index (χ0v) is 10.5. The molecule has 0 spiro atoms. The summed E-state index contributed by atoms with van der Waals surface area (Å²) >= 11 is 5.78. The summed E-state index contributed by atoms with van der Waals surface area (Å²) in [7, 11) is 0. The van der Waals surface area contributed by atoms with Gasteiger partial charge in [-0.15, -0.1) is 0 Å². The molecule has 1 aromatic carbocycles. The van der Waals surface area contributed by atoms with Crippen molar-refractivity contribution in [1.29, 1.82) is 0 Å². The molecule has 18 heavy (non-hydrogen) atoms. The highest BCUT2D eigenvalue weighted by Gasteiger charge is 2.31. The van der Waals surface area contributed by atoms with Gasteiger partial charge in [-0.2, -0.15) is 0 Å². The molecule has 1 atom stereocenters. The van der Waals surface area contributed by atoms with Crippen molar-refractivity contribution in [3.8, 4) is 0 Å². The van der Waals surface area contributed by atoms with Gasteiger partial charge in [-0.05, 0) is 30.5 Å². The number of carboxylic acids is 1. The van der Waals surface area contributed by atoms with Crippen LogP contribution >= 0.6 is 11.6 Å². The lowest BCUT2D eigenvalue weighted by Crippen LogP contribution is -2.31. The molecule has 1 aliphatic rings. The molecule has 1 amide bonds. The highest BCUT2D eigenvalue weighted by atomic mass is 35.5. The maximum absolute atomic E-state index is 11.7. The van der Waals surface area contributed by atoms with Crippen molar-refractivity contribution in [1.82, 2.24) is 5.32 Å². The average Bonchev–Trinajstić information content (AvgIpc) is 3.12. The van der Waals surface area contributed by atoms with Crippen LogP contribution in [-0.4, -0.2) is 17.0 Å². The largest absolute Gasteiger partial charge is 0.481 e. The van der Waals surface area contributed by atoms with E-state index in [0.717, 1.165) is 18.4 Å². The standard InChI is InChI=1S/C13H14ClNO3/c14-10-5-3-8(4-6-10)11(7-12(16)17)15-13(18)9-1-2-9/h3-6,9,11H,1-2,7H2,(H,15,18)(H,16,17)/t11-/m0/s1. The lowest BCUT2D eigenvalue weighted by atomic mass is 10.0. The van der Waals surface area contributed by atoms with Crippen molar-refractivity contribution in [2.45, 2.75) is 25.3 Å². The number of halogens is 1. The van der Waals surface area contributed by atoms with Crippen LogP contribution in [0.25, 0.3) is 0 Å². The van der Waals surface area contributed by atoms with Gasteiger partial charge in [0, 0.05) is 10.9 Å². The van der Waals surface area contributed by atoms with Crippen LogP contribution in [0.3, 0.4) is 0 Å². The second-order valence-electron chi connectivity index (χ2n) is 4.48. The zero-order valence-electron chi connectivity index (χ0n) is 9.73. The normalized spacial score (nSPS) is 16.1. The van der Waals surface area contributed by atoms with E-state index in [1.807, 2.05) is 0 Å². The lowest BCUT2D eigenvalue weighted by Gasteiger charge is -2.17. The molecule has 0 bridgehead atoms. The van der Waals surface area contributed by atoms with Crippen molar-refractivity contribution >= 4 is 23.5 Å². The molecule has 1 aromatic rings. The third kappa shape index (κ3) is 3.47. The van der Waals surface area contributed by atoms with Crippen molar-refractivity contribution in [3.63, 3.8) is 0 Å². The Bertz CT molecular complexity index is 454. The predicted octanol–water partition coefficient (Wildman–Crippen LogP) is 2.38. The van der Waals surface area contributed by atoms with Gasteiger partial charge in [0.05, 0.1) is 12.5 Å². The van der Waals surface area contributed by atoms with Crippen molar-refractivity contribution in [2.75, 3.05) is 0 Å². The first-order chi connectivity index (χ1) is 8.56. The first-order valence-corrected chi connectivity index (χ1v) is 6.21. The summed E-state index contributed by atoms with van der Waals surface area (Å²) in [5, 5.41) is 12.3. The van der Waals surface area contributed by atoms with E-state index >= 15 is 0 Å². The van der Waals surface area contributed by atoms with E-state index in [4.69, 9.17) is 16.7 Å². The van der Waals surface area contributed by atoms with E-state index in [2.05, 4.69) is 5.32 Å². The third-order valence-electron chi connectivity index (χ3n) is 2.92. The number of hydrogen-bond donors (Lipinski definition) is 2. The van der Waals surface area contributed by atoms with Gasteiger partial charge in [0.2, 0.25) is 5.91 Å². The fourth-order valence-electron chi connectivity index (χ4n) is 1.76. The summed E-state index contributed by atoms with van der Waals surface area (Å²) in [5.41, 5.74) is 0.760. The van der Waals surface area contributed by atoms with Gasteiger partial charge < -0.3 is 10.4 Å². The quantitative estimate of drug-likeness (QED) is 0.861. The van der Waals surface area contributed by atoms with E-state index in [1.165, 1.54) is 0 Å². The Morgan fingerprint density at radius 2 is 1.94 bits per heavy atom. The van der Waals surface area contributed by atoms with Crippen LogP contribution in [-0.2, 0) is 9.59 Å². The summed E-state index contributed by atoms with van der Waals surface area (Å²) < 4.78 is 0. The Morgan fingerprint density at radius 3 is 2.44 bits per heavy atom. The SMILES string of the molecule is O=C(O)C[C@H](NC(=O)C1CC1)c1ccc(Cl)cc1. The maximum atomic E-state index is 11.7. The smallest absolute Gasteiger partial charge is 0.305 e. The number of aliphatic carboxylic acids is 1. The topological polar surface area (TPSA) is 66.4 Å². The van der Waals surface area contributed by atoms with Crippen LogP contribution < -0.4 is 5.32 Å². The second-order valence-corrected chi connectivity index (χ2v) is 4.92. The van der Waals surface area contributed by atoms with Gasteiger partial charge in [0.15, 0.2) is 0 Å². The molecule has 0 aromatic heterocycles. The van der Waals surface area contributed by atoms with Crippen molar-refractivity contribution in [2.24, 2.45) is 5.92 Å². The predicted molar refractivity (Wildman–Crippen MR) is 67.3 cm³/mol. The molecule has 2 rings (SSSR count). The Hall–Kier alpha value is -1.55. The maximum Gasteiger partial charge on any atom is 0.305 e. The summed E-state index contributed by atoms with van der Waals surface area (Å²) in [6, 6.07) is 6.36. The molecular formula is C13H14ClNO3. The summed E-state index contributed by atoms with van der Waals surface area (Å²) in [4.78, 5) is 22.5. The van der Waals surface area contributed by atoms with Crippen LogP contribution in [0.15, 0.2) is 24.3 Å². The first-order valence-electron chi connectivity index (χ1n) is 5.84. The van der Waals surface area contributed by atoms with E-state index in [0.29, 0.717) is 5.02 Å². The molecule has 2 N–H and O–H groups in total. The molecule has 0 radical (unpaired) electrons. The molecule has 0 aliphatic heterocycles. The van der Waals surface area contributed by atoms with Crippen LogP contribution in [0.5, 0.6) is 0 Å². The Labute approximate surface area is 110 Å². The molecule has 1 aliphatic carbocycles. The highest BCUT2D eigenvalue weighted by molar-refractivity contribution is 6.30. The number of amides is 1. The summed E-state index contributed by atoms with van der Waals surface area (Å²) in [5.74, 6) is -0.934. The van der Waals surface area contributed by atoms with Crippen LogP contribution in [0, 0.1) is 5.92 Å². The minimum atomic E-state index is -0.939. The van der Waals surface area contributed by atoms with Crippen molar-refractivity contribution in [3.05, 3.63) is 34.9 Å². The average molecular weight is 268 g/mol. The van der Waals surface area contributed by atoms with Crippen LogP contribution in [0.2, 0.25) is 5.02 Å². The monoisotopic (exact) mass is 267 g/mol. The summed E-state index contributed by atoms with van der Waals surface area (Å²) in [6.45, 7) is 0. The third-order valence-corrected chi connectivity index (χ3v) is 3.17. The van der Waals surface area contributed by atoms with Gasteiger partial charge >= 0.3 is 5.97 Å². The first kappa shape index (κ1) is 12.9. The Morgan fingerprint density at radius 1 is 1.33 bits per heavy atom. The van der Waals surface area contributed by atoms with E-state index in [9.17, 15) is 9.59 Å². The molecule has 4 nitrogen and oxygen atoms in total. The van der Waals surface area contributed by atoms with E-state index in [1.54, 1.807) is 24.3 Å². The molecule has 0 unspecified atom stereocenters. The number of carboxylic acid groups (broad SMARTS) is 1. The number of benzene rings is 1. The number of rotatable bonds is 5. The van der Waals surface area contributed by atoms with Gasteiger partial charge in [0.25, 0.3) is 0 Å². The number of nitrogens with one attached hydrogen (secondary N) is 1. The lowest BCUT2D eigenvalue weighted by molar-refractivity contribution is -0.137. The fourth-order valence-corrected chi connectivity index (χ4v) is 1.88. The fraction of sp³-hybridized carbons (Fsp3) is 0.385. The Kier molecular flexibility index (Phi) is 3.87.